The molecule has 1 aliphatic carbocycles. The molecule has 1 heterocycles. The number of aryl methyl sites for hydroxylation is 1. The van der Waals surface area contributed by atoms with Crippen LogP contribution in [0.1, 0.15) is 100 Å². The quantitative estimate of drug-likeness (QED) is 0.519. The third-order valence-electron chi connectivity index (χ3n) is 6.77. The van der Waals surface area contributed by atoms with Crippen molar-refractivity contribution in [3.63, 3.8) is 0 Å². The van der Waals surface area contributed by atoms with Crippen LogP contribution in [0.25, 0.3) is 10.9 Å². The molecule has 7 nitrogen and oxygen atoms in total. The van der Waals surface area contributed by atoms with E-state index >= 15 is 0 Å². The van der Waals surface area contributed by atoms with Gasteiger partial charge < -0.3 is 15.8 Å². The number of primary amides is 1. The fraction of sp³-hybridized carbons (Fsp3) is 0.571. The van der Waals surface area contributed by atoms with Crippen molar-refractivity contribution in [1.82, 2.24) is 10.3 Å². The van der Waals surface area contributed by atoms with E-state index in [-0.39, 0.29) is 24.8 Å². The third kappa shape index (κ3) is 7.26. The largest absolute Gasteiger partial charge is 0.459 e. The number of pyridine rings is 1. The van der Waals surface area contributed by atoms with Gasteiger partial charge in [-0.2, -0.15) is 0 Å². The van der Waals surface area contributed by atoms with Gasteiger partial charge in [0.15, 0.2) is 0 Å². The summed E-state index contributed by atoms with van der Waals surface area (Å²) in [4.78, 5) is 42.1. The first-order valence-corrected chi connectivity index (χ1v) is 12.7. The molecule has 1 saturated carbocycles. The number of nitrogens with one attached hydrogen (secondary N) is 1. The van der Waals surface area contributed by atoms with Crippen molar-refractivity contribution in [1.29, 1.82) is 0 Å². The van der Waals surface area contributed by atoms with Gasteiger partial charge in [-0.25, -0.2) is 0 Å². The number of ether oxygens (including phenoxy) is 1. The van der Waals surface area contributed by atoms with E-state index in [2.05, 4.69) is 12.2 Å². The Labute approximate surface area is 208 Å². The molecular weight excluding hydrogens is 442 g/mol. The van der Waals surface area contributed by atoms with E-state index in [1.54, 1.807) is 12.1 Å². The maximum Gasteiger partial charge on any atom is 0.314 e. The molecule has 1 aromatic carbocycles. The van der Waals surface area contributed by atoms with E-state index in [4.69, 9.17) is 15.5 Å². The summed E-state index contributed by atoms with van der Waals surface area (Å²) in [5, 5.41) is 3.98. The average molecular weight is 482 g/mol. The second-order valence-corrected chi connectivity index (χ2v) is 10.8. The van der Waals surface area contributed by atoms with Gasteiger partial charge in [-0.1, -0.05) is 25.3 Å². The average Bonchev–Trinajstić information content (AvgIpc) is 2.78. The van der Waals surface area contributed by atoms with Crippen molar-refractivity contribution in [2.45, 2.75) is 97.1 Å². The molecule has 0 aliphatic heterocycles. The molecule has 1 aromatic heterocycles. The number of carbonyl (C=O) groups excluding carboxylic acids is 3. The van der Waals surface area contributed by atoms with Crippen molar-refractivity contribution in [2.24, 2.45) is 11.7 Å². The van der Waals surface area contributed by atoms with Gasteiger partial charge in [-0.3, -0.25) is 19.4 Å². The molecule has 35 heavy (non-hydrogen) atoms. The summed E-state index contributed by atoms with van der Waals surface area (Å²) in [6, 6.07) is 7.47. The SMILES string of the molecule is Cc1nc2cc(C(=O)N[C@@H](C)C3CCCCC3)ccc2cc1C(CCC(N)=O)C(=O)OC(C)(C)C. The lowest BCUT2D eigenvalue weighted by molar-refractivity contribution is -0.157. The van der Waals surface area contributed by atoms with Crippen LogP contribution in [0, 0.1) is 12.8 Å². The minimum absolute atomic E-state index is 0.0691. The molecule has 0 bridgehead atoms. The van der Waals surface area contributed by atoms with Crippen LogP contribution in [0.3, 0.4) is 0 Å². The lowest BCUT2D eigenvalue weighted by Gasteiger charge is -2.28. The van der Waals surface area contributed by atoms with Gasteiger partial charge in [0.1, 0.15) is 5.60 Å². The van der Waals surface area contributed by atoms with E-state index in [9.17, 15) is 14.4 Å². The van der Waals surface area contributed by atoms with Gasteiger partial charge in [-0.15, -0.1) is 0 Å². The highest BCUT2D eigenvalue weighted by Gasteiger charge is 2.29. The number of amides is 2. The first-order valence-electron chi connectivity index (χ1n) is 12.7. The highest BCUT2D eigenvalue weighted by Crippen LogP contribution is 2.30. The van der Waals surface area contributed by atoms with E-state index < -0.39 is 23.4 Å². The third-order valence-corrected chi connectivity index (χ3v) is 6.77. The normalized spacial score (nSPS) is 16.5. The van der Waals surface area contributed by atoms with Crippen LogP contribution >= 0.6 is 0 Å². The second-order valence-electron chi connectivity index (χ2n) is 10.8. The van der Waals surface area contributed by atoms with Crippen molar-refractivity contribution in [3.8, 4) is 0 Å². The summed E-state index contributed by atoms with van der Waals surface area (Å²) >= 11 is 0. The van der Waals surface area contributed by atoms with Crippen molar-refractivity contribution >= 4 is 28.7 Å². The molecular formula is C28H39N3O4. The van der Waals surface area contributed by atoms with Gasteiger partial charge in [-0.05, 0) is 83.6 Å². The molecule has 3 rings (SSSR count). The number of nitrogens with zero attached hydrogens (tertiary/aromatic N) is 1. The second kappa shape index (κ2) is 11.2. The van der Waals surface area contributed by atoms with Crippen LogP contribution in [0.15, 0.2) is 24.3 Å². The minimum Gasteiger partial charge on any atom is -0.459 e. The Morgan fingerprint density at radius 2 is 1.83 bits per heavy atom. The Hall–Kier alpha value is -2.96. The summed E-state index contributed by atoms with van der Waals surface area (Å²) in [6.45, 7) is 9.34. The summed E-state index contributed by atoms with van der Waals surface area (Å²) < 4.78 is 5.62. The molecule has 1 unspecified atom stereocenters. The van der Waals surface area contributed by atoms with Crippen LogP contribution < -0.4 is 11.1 Å². The number of nitrogens with two attached hydrogens (primary N) is 1. The number of carbonyl (C=O) groups is 3. The predicted octanol–water partition coefficient (Wildman–Crippen LogP) is 4.93. The Balaban J connectivity index is 1.85. The van der Waals surface area contributed by atoms with Crippen molar-refractivity contribution < 1.29 is 19.1 Å². The van der Waals surface area contributed by atoms with Crippen molar-refractivity contribution in [3.05, 3.63) is 41.1 Å². The Morgan fingerprint density at radius 3 is 2.46 bits per heavy atom. The number of hydrogen-bond acceptors (Lipinski definition) is 5. The lowest BCUT2D eigenvalue weighted by Crippen LogP contribution is -2.38. The standard InChI is InChI=1S/C28H39N3O4/c1-17(19-9-7-6-8-10-19)31-26(33)21-12-11-20-15-23(18(2)30-24(20)16-21)22(13-14-25(29)32)27(34)35-28(3,4)5/h11-12,15-17,19,22H,6-10,13-14H2,1-5H3,(H2,29,32)(H,31,33)/t17-,22?/m0/s1. The van der Waals surface area contributed by atoms with E-state index in [1.165, 1.54) is 19.3 Å². The predicted molar refractivity (Wildman–Crippen MR) is 137 cm³/mol. The summed E-state index contributed by atoms with van der Waals surface area (Å²) in [6.07, 6.45) is 6.39. The first kappa shape index (κ1) is 26.6. The van der Waals surface area contributed by atoms with E-state index in [0.717, 1.165) is 18.2 Å². The smallest absolute Gasteiger partial charge is 0.314 e. The number of fused-ring (bicyclic) bond motifs is 1. The lowest BCUT2D eigenvalue weighted by atomic mass is 9.84. The maximum atomic E-state index is 13.0. The maximum absolute atomic E-state index is 13.0. The minimum atomic E-state index is -0.655. The fourth-order valence-electron chi connectivity index (χ4n) is 4.88. The molecule has 0 saturated heterocycles. The molecule has 2 aromatic rings. The topological polar surface area (TPSA) is 111 Å². The van der Waals surface area contributed by atoms with Crippen LogP contribution in [0.5, 0.6) is 0 Å². The molecule has 3 N–H and O–H groups in total. The first-order chi connectivity index (χ1) is 16.4. The zero-order valence-corrected chi connectivity index (χ0v) is 21.6. The highest BCUT2D eigenvalue weighted by atomic mass is 16.6. The van der Waals surface area contributed by atoms with Gasteiger partial charge in [0.25, 0.3) is 5.91 Å². The van der Waals surface area contributed by atoms with Crippen molar-refractivity contribution in [2.75, 3.05) is 0 Å². The van der Waals surface area contributed by atoms with Crippen LogP contribution in [-0.2, 0) is 14.3 Å². The van der Waals surface area contributed by atoms with Gasteiger partial charge >= 0.3 is 5.97 Å². The van der Waals surface area contributed by atoms with Crippen LogP contribution in [0.2, 0.25) is 0 Å². The van der Waals surface area contributed by atoms with Crippen LogP contribution in [-0.4, -0.2) is 34.4 Å². The van der Waals surface area contributed by atoms with Crippen LogP contribution in [0.4, 0.5) is 0 Å². The molecule has 0 radical (unpaired) electrons. The van der Waals surface area contributed by atoms with Gasteiger partial charge in [0, 0.05) is 29.1 Å². The Kier molecular flexibility index (Phi) is 8.51. The Bertz CT molecular complexity index is 1080. The summed E-state index contributed by atoms with van der Waals surface area (Å²) in [7, 11) is 0. The number of esters is 1. The highest BCUT2D eigenvalue weighted by molar-refractivity contribution is 5.98. The molecule has 1 fully saturated rings. The number of hydrogen-bond donors (Lipinski definition) is 2. The molecule has 2 atom stereocenters. The fourth-order valence-corrected chi connectivity index (χ4v) is 4.88. The summed E-state index contributed by atoms with van der Waals surface area (Å²) in [5.74, 6) is -1.10. The molecule has 2 amide bonds. The van der Waals surface area contributed by atoms with E-state index in [0.29, 0.717) is 28.3 Å². The molecule has 190 valence electrons. The van der Waals surface area contributed by atoms with Gasteiger partial charge in [0.2, 0.25) is 5.91 Å². The Morgan fingerprint density at radius 1 is 1.14 bits per heavy atom. The number of rotatable bonds is 8. The van der Waals surface area contributed by atoms with E-state index in [1.807, 2.05) is 39.8 Å². The molecule has 7 heteroatoms. The zero-order chi connectivity index (χ0) is 25.8. The zero-order valence-electron chi connectivity index (χ0n) is 21.6. The monoisotopic (exact) mass is 481 g/mol. The molecule has 0 spiro atoms. The number of benzene rings is 1. The number of aromatic nitrogens is 1. The summed E-state index contributed by atoms with van der Waals surface area (Å²) in [5.41, 5.74) is 7.31. The van der Waals surface area contributed by atoms with Gasteiger partial charge in [0.05, 0.1) is 11.4 Å². The molecule has 1 aliphatic rings.